The number of hydrogen-bond donors (Lipinski definition) is 2. The largest absolute Gasteiger partial charge is 0.356 e. The number of carbonyl (C=O) groups excluding carboxylic acids is 1. The van der Waals surface area contributed by atoms with E-state index in [1.165, 1.54) is 41.7 Å². The molecular weight excluding hydrogens is 370 g/mol. The van der Waals surface area contributed by atoms with Crippen LogP contribution in [0.15, 0.2) is 16.4 Å². The Kier molecular flexibility index (Phi) is 5.95. The maximum atomic E-state index is 12.6. The number of nitrogens with one attached hydrogen (secondary N) is 2. The molecule has 2 N–H and O–H groups in total. The number of thiophene rings is 1. The lowest BCUT2D eigenvalue weighted by atomic mass is 9.89. The van der Waals surface area contributed by atoms with Gasteiger partial charge in [-0.05, 0) is 62.8 Å². The van der Waals surface area contributed by atoms with Gasteiger partial charge < -0.3 is 10.3 Å². The molecule has 0 saturated heterocycles. The summed E-state index contributed by atoms with van der Waals surface area (Å²) in [6.07, 6.45) is 12.2. The van der Waals surface area contributed by atoms with Crippen LogP contribution in [0.25, 0.3) is 10.2 Å². The molecule has 0 saturated carbocycles. The maximum absolute atomic E-state index is 12.6. The van der Waals surface area contributed by atoms with Gasteiger partial charge in [0.1, 0.15) is 10.7 Å². The topological polar surface area (TPSA) is 74.8 Å². The van der Waals surface area contributed by atoms with Crippen molar-refractivity contribution >= 4 is 27.5 Å². The van der Waals surface area contributed by atoms with Crippen LogP contribution in [0.4, 0.5) is 0 Å². The van der Waals surface area contributed by atoms with Crippen LogP contribution in [0.3, 0.4) is 0 Å². The number of fused-ring (bicyclic) bond motifs is 3. The SMILES string of the molecule is C[C@@H]1CCc2c(sc3nc(CCC(=O)NCCC4=CCCCC4)[nH]c(=O)c23)C1. The average molecular weight is 400 g/mol. The standard InChI is InChI=1S/C22H29N3O2S/c1-14-7-8-16-17(13-14)28-22-20(16)21(27)24-18(25-22)9-10-19(26)23-12-11-15-5-3-2-4-6-15/h5,14H,2-4,6-13H2,1H3,(H,23,26)(H,24,25,27)/t14-/m1/s1. The lowest BCUT2D eigenvalue weighted by molar-refractivity contribution is -0.121. The first-order valence-electron chi connectivity index (χ1n) is 10.6. The number of carbonyl (C=O) groups is 1. The third-order valence-electron chi connectivity index (χ3n) is 5.96. The number of H-pyrrole nitrogens is 1. The first-order chi connectivity index (χ1) is 13.6. The van der Waals surface area contributed by atoms with Crippen molar-refractivity contribution in [3.05, 3.63) is 38.3 Å². The second kappa shape index (κ2) is 8.60. The Morgan fingerprint density at radius 2 is 2.21 bits per heavy atom. The summed E-state index contributed by atoms with van der Waals surface area (Å²) >= 11 is 1.66. The van der Waals surface area contributed by atoms with Crippen LogP contribution < -0.4 is 10.9 Å². The van der Waals surface area contributed by atoms with Gasteiger partial charge in [0, 0.05) is 24.3 Å². The van der Waals surface area contributed by atoms with Crippen molar-refractivity contribution in [3.63, 3.8) is 0 Å². The van der Waals surface area contributed by atoms with Crippen molar-refractivity contribution in [2.45, 2.75) is 71.1 Å². The summed E-state index contributed by atoms with van der Waals surface area (Å²) < 4.78 is 0. The highest BCUT2D eigenvalue weighted by molar-refractivity contribution is 7.18. The number of rotatable bonds is 6. The number of allylic oxidation sites excluding steroid dienone is 1. The van der Waals surface area contributed by atoms with Gasteiger partial charge in [-0.2, -0.15) is 0 Å². The predicted molar refractivity (Wildman–Crippen MR) is 114 cm³/mol. The van der Waals surface area contributed by atoms with Crippen LogP contribution in [0, 0.1) is 5.92 Å². The number of aromatic nitrogens is 2. The van der Waals surface area contributed by atoms with Crippen LogP contribution in [-0.2, 0) is 24.1 Å². The van der Waals surface area contributed by atoms with E-state index in [4.69, 9.17) is 0 Å². The van der Waals surface area contributed by atoms with Crippen LogP contribution in [0.1, 0.15) is 68.1 Å². The summed E-state index contributed by atoms with van der Waals surface area (Å²) in [5.41, 5.74) is 2.63. The summed E-state index contributed by atoms with van der Waals surface area (Å²) in [5, 5.41) is 3.78. The molecule has 2 heterocycles. The van der Waals surface area contributed by atoms with Crippen molar-refractivity contribution in [3.8, 4) is 0 Å². The number of aromatic amines is 1. The molecule has 0 spiro atoms. The highest BCUT2D eigenvalue weighted by atomic mass is 32.1. The molecule has 2 aromatic heterocycles. The molecule has 2 aliphatic carbocycles. The van der Waals surface area contributed by atoms with Gasteiger partial charge >= 0.3 is 0 Å². The van der Waals surface area contributed by atoms with Crippen LogP contribution >= 0.6 is 11.3 Å². The van der Waals surface area contributed by atoms with E-state index in [2.05, 4.69) is 28.3 Å². The zero-order valence-electron chi connectivity index (χ0n) is 16.6. The average Bonchev–Trinajstić information content (AvgIpc) is 3.05. The minimum absolute atomic E-state index is 0.0263. The molecule has 1 atom stereocenters. The Balaban J connectivity index is 1.35. The van der Waals surface area contributed by atoms with E-state index < -0.39 is 0 Å². The molecule has 150 valence electrons. The summed E-state index contributed by atoms with van der Waals surface area (Å²) in [5.74, 6) is 1.32. The normalized spacial score (nSPS) is 19.3. The fraction of sp³-hybridized carbons (Fsp3) is 0.591. The molecule has 0 fully saturated rings. The quantitative estimate of drug-likeness (QED) is 0.720. The number of hydrogen-bond acceptors (Lipinski definition) is 4. The fourth-order valence-electron chi connectivity index (χ4n) is 4.33. The van der Waals surface area contributed by atoms with Gasteiger partial charge in [0.15, 0.2) is 0 Å². The first kappa shape index (κ1) is 19.4. The fourth-order valence-corrected chi connectivity index (χ4v) is 5.73. The van der Waals surface area contributed by atoms with E-state index in [0.717, 1.165) is 35.9 Å². The van der Waals surface area contributed by atoms with Crippen LogP contribution in [0.5, 0.6) is 0 Å². The van der Waals surface area contributed by atoms with E-state index in [1.807, 2.05) is 0 Å². The Morgan fingerprint density at radius 3 is 3.04 bits per heavy atom. The molecule has 28 heavy (non-hydrogen) atoms. The van der Waals surface area contributed by atoms with Gasteiger partial charge in [0.25, 0.3) is 5.56 Å². The van der Waals surface area contributed by atoms with Crippen molar-refractivity contribution in [1.29, 1.82) is 0 Å². The third-order valence-corrected chi connectivity index (χ3v) is 7.10. The summed E-state index contributed by atoms with van der Waals surface area (Å²) in [7, 11) is 0. The monoisotopic (exact) mass is 399 g/mol. The number of nitrogens with zero attached hydrogens (tertiary/aromatic N) is 1. The third kappa shape index (κ3) is 4.37. The molecule has 0 aromatic carbocycles. The second-order valence-electron chi connectivity index (χ2n) is 8.25. The predicted octanol–water partition coefficient (Wildman–Crippen LogP) is 4.05. The molecule has 0 radical (unpaired) electrons. The Morgan fingerprint density at radius 1 is 1.32 bits per heavy atom. The molecule has 1 amide bonds. The summed E-state index contributed by atoms with van der Waals surface area (Å²) in [6.45, 7) is 2.96. The molecule has 0 aliphatic heterocycles. The summed E-state index contributed by atoms with van der Waals surface area (Å²) in [6, 6.07) is 0. The second-order valence-corrected chi connectivity index (χ2v) is 9.34. The van der Waals surface area contributed by atoms with E-state index in [0.29, 0.717) is 31.1 Å². The highest BCUT2D eigenvalue weighted by Crippen LogP contribution is 2.35. The lowest BCUT2D eigenvalue weighted by Gasteiger charge is -2.17. The molecule has 4 rings (SSSR count). The molecule has 6 heteroatoms. The van der Waals surface area contributed by atoms with Gasteiger partial charge in [0.05, 0.1) is 5.39 Å². The lowest BCUT2D eigenvalue weighted by Crippen LogP contribution is -2.25. The molecule has 5 nitrogen and oxygen atoms in total. The van der Waals surface area contributed by atoms with Crippen LogP contribution in [0.2, 0.25) is 0 Å². The smallest absolute Gasteiger partial charge is 0.259 e. The molecular formula is C22H29N3O2S. The van der Waals surface area contributed by atoms with E-state index in [-0.39, 0.29) is 11.5 Å². The minimum atomic E-state index is -0.0447. The Labute approximate surface area is 169 Å². The zero-order chi connectivity index (χ0) is 19.5. The summed E-state index contributed by atoms with van der Waals surface area (Å²) in [4.78, 5) is 34.5. The van der Waals surface area contributed by atoms with E-state index >= 15 is 0 Å². The van der Waals surface area contributed by atoms with Gasteiger partial charge in [0.2, 0.25) is 5.91 Å². The maximum Gasteiger partial charge on any atom is 0.259 e. The number of aryl methyl sites for hydroxylation is 2. The Bertz CT molecular complexity index is 957. The van der Waals surface area contributed by atoms with E-state index in [1.54, 1.807) is 11.3 Å². The minimum Gasteiger partial charge on any atom is -0.356 e. The number of amides is 1. The van der Waals surface area contributed by atoms with Crippen LogP contribution in [-0.4, -0.2) is 22.4 Å². The highest BCUT2D eigenvalue weighted by Gasteiger charge is 2.23. The molecule has 0 bridgehead atoms. The molecule has 0 unspecified atom stereocenters. The zero-order valence-corrected chi connectivity index (χ0v) is 17.4. The Hall–Kier alpha value is -1.95. The van der Waals surface area contributed by atoms with E-state index in [9.17, 15) is 9.59 Å². The van der Waals surface area contributed by atoms with Gasteiger partial charge in [-0.3, -0.25) is 9.59 Å². The van der Waals surface area contributed by atoms with Gasteiger partial charge in [-0.1, -0.05) is 18.6 Å². The molecule has 2 aliphatic rings. The van der Waals surface area contributed by atoms with Crippen molar-refractivity contribution < 1.29 is 4.79 Å². The van der Waals surface area contributed by atoms with Gasteiger partial charge in [-0.15, -0.1) is 11.3 Å². The first-order valence-corrected chi connectivity index (χ1v) is 11.4. The van der Waals surface area contributed by atoms with Crippen molar-refractivity contribution in [2.75, 3.05) is 6.54 Å². The van der Waals surface area contributed by atoms with Crippen molar-refractivity contribution in [1.82, 2.24) is 15.3 Å². The van der Waals surface area contributed by atoms with Crippen molar-refractivity contribution in [2.24, 2.45) is 5.92 Å². The molecule has 2 aromatic rings. The van der Waals surface area contributed by atoms with Gasteiger partial charge in [-0.25, -0.2) is 4.98 Å².